The molecule has 1 aliphatic heterocycles. The van der Waals surface area contributed by atoms with Crippen LogP contribution in [-0.4, -0.2) is 80.0 Å². The lowest BCUT2D eigenvalue weighted by molar-refractivity contribution is -0.314. The van der Waals surface area contributed by atoms with Crippen molar-refractivity contribution in [2.45, 2.75) is 121 Å². The van der Waals surface area contributed by atoms with Gasteiger partial charge in [0, 0.05) is 0 Å². The van der Waals surface area contributed by atoms with Crippen LogP contribution in [0.2, 0.25) is 0 Å². The van der Waals surface area contributed by atoms with E-state index in [1.165, 1.54) is 44.9 Å². The predicted octanol–water partition coefficient (Wildman–Crippen LogP) is 2.71. The van der Waals surface area contributed by atoms with Gasteiger partial charge in [-0.05, 0) is 6.42 Å². The number of unbranched alkanes of at least 4 members (excludes halogenated alkanes) is 11. The zero-order chi connectivity index (χ0) is 24.9. The molecule has 0 aromatic rings. The van der Waals surface area contributed by atoms with E-state index in [0.29, 0.717) is 6.42 Å². The van der Waals surface area contributed by atoms with Gasteiger partial charge in [-0.1, -0.05) is 77.6 Å². The molecule has 0 saturated carbocycles. The van der Waals surface area contributed by atoms with Crippen molar-refractivity contribution < 1.29 is 53.8 Å². The molecule has 1 aliphatic rings. The van der Waals surface area contributed by atoms with Gasteiger partial charge >= 0.3 is 13.3 Å². The zero-order valence-electron chi connectivity index (χ0n) is 19.3. The Morgan fingerprint density at radius 3 is 1.82 bits per heavy atom. The smallest absolute Gasteiger partial charge is 0.440 e. The third-order valence-electron chi connectivity index (χ3n) is 5.65. The first-order chi connectivity index (χ1) is 15.6. The Hall–Kier alpha value is -0.620. The van der Waals surface area contributed by atoms with Gasteiger partial charge in [-0.2, -0.15) is 0 Å². The highest BCUT2D eigenvalue weighted by Crippen LogP contribution is 2.50. The maximum Gasteiger partial charge on any atom is 0.440 e. The Bertz CT molecular complexity index is 591. The van der Waals surface area contributed by atoms with Crippen LogP contribution in [0.3, 0.4) is 0 Å². The monoisotopic (exact) mass is 500 g/mol. The van der Waals surface area contributed by atoms with E-state index in [2.05, 4.69) is 11.4 Å². The SMILES string of the molecule is CCCCCCCCCCCCCCOP(=O)(OC(O)[C@H]1O[C@@H](O)[C@H](O)[C@@H](O)[C@@H]1O)C(=O)O. The Morgan fingerprint density at radius 2 is 1.33 bits per heavy atom. The highest BCUT2D eigenvalue weighted by molar-refractivity contribution is 7.71. The van der Waals surface area contributed by atoms with Crippen LogP contribution in [0.15, 0.2) is 0 Å². The molecule has 7 atom stereocenters. The molecule has 33 heavy (non-hydrogen) atoms. The summed E-state index contributed by atoms with van der Waals surface area (Å²) in [6.07, 6.45) is 1.32. The van der Waals surface area contributed by atoms with Gasteiger partial charge in [0.15, 0.2) is 12.6 Å². The molecule has 6 N–H and O–H groups in total. The molecule has 2 unspecified atom stereocenters. The Balaban J connectivity index is 2.29. The highest BCUT2D eigenvalue weighted by Gasteiger charge is 2.49. The molecule has 0 amide bonds. The summed E-state index contributed by atoms with van der Waals surface area (Å²) in [5.41, 5.74) is -1.94. The molecule has 1 fully saturated rings. The minimum absolute atomic E-state index is 0.175. The molecule has 0 bridgehead atoms. The Morgan fingerprint density at radius 1 is 0.848 bits per heavy atom. The lowest BCUT2D eigenvalue weighted by Gasteiger charge is -2.39. The van der Waals surface area contributed by atoms with Crippen LogP contribution < -0.4 is 0 Å². The van der Waals surface area contributed by atoms with Crippen molar-refractivity contribution in [1.29, 1.82) is 0 Å². The third-order valence-corrected chi connectivity index (χ3v) is 7.13. The lowest BCUT2D eigenvalue weighted by atomic mass is 9.99. The average Bonchev–Trinajstić information content (AvgIpc) is 2.77. The molecule has 0 aromatic carbocycles. The maximum atomic E-state index is 12.5. The molecule has 1 saturated heterocycles. The second-order valence-corrected chi connectivity index (χ2v) is 10.3. The fraction of sp³-hybridized carbons (Fsp3) is 0.952. The van der Waals surface area contributed by atoms with Gasteiger partial charge in [-0.3, -0.25) is 4.52 Å². The third kappa shape index (κ3) is 10.7. The van der Waals surface area contributed by atoms with Crippen LogP contribution in [0.5, 0.6) is 0 Å². The van der Waals surface area contributed by atoms with E-state index in [9.17, 15) is 40.0 Å². The summed E-state index contributed by atoms with van der Waals surface area (Å²) in [6, 6.07) is 0. The van der Waals surface area contributed by atoms with Crippen LogP contribution in [0.25, 0.3) is 0 Å². The highest BCUT2D eigenvalue weighted by atomic mass is 31.2. The van der Waals surface area contributed by atoms with Crippen LogP contribution >= 0.6 is 7.60 Å². The molecular formula is C21H41O11P. The van der Waals surface area contributed by atoms with E-state index < -0.39 is 50.3 Å². The van der Waals surface area contributed by atoms with E-state index >= 15 is 0 Å². The van der Waals surface area contributed by atoms with Crippen molar-refractivity contribution in [3.05, 3.63) is 0 Å². The molecule has 12 heteroatoms. The summed E-state index contributed by atoms with van der Waals surface area (Å²) >= 11 is 0. The minimum atomic E-state index is -4.83. The number of hydrogen-bond acceptors (Lipinski definition) is 10. The van der Waals surface area contributed by atoms with E-state index in [0.717, 1.165) is 25.7 Å². The summed E-state index contributed by atoms with van der Waals surface area (Å²) in [7, 11) is -4.83. The largest absolute Gasteiger partial charge is 0.472 e. The molecule has 0 spiro atoms. The second kappa shape index (κ2) is 16.1. The van der Waals surface area contributed by atoms with Crippen LogP contribution in [0.4, 0.5) is 4.79 Å². The zero-order valence-corrected chi connectivity index (χ0v) is 20.2. The van der Waals surface area contributed by atoms with Crippen LogP contribution in [0.1, 0.15) is 84.0 Å². The summed E-state index contributed by atoms with van der Waals surface area (Å²) in [5.74, 6) is 0. The Kier molecular flexibility index (Phi) is 14.9. The van der Waals surface area contributed by atoms with Crippen molar-refractivity contribution >= 4 is 13.3 Å². The van der Waals surface area contributed by atoms with Crippen LogP contribution in [-0.2, 0) is 18.3 Å². The number of ether oxygens (including phenoxy) is 1. The standard InChI is InChI=1S/C21H41O11P/c1-2-3-4-5-6-7-8-9-10-11-12-13-14-30-33(29,21(27)28)32-20(26)18-16(23)15(22)17(24)19(25)31-18/h15-20,22-26H,2-14H2,1H3,(H,27,28)/t15-,16-,17+,18-,19+,20?,33?/m0/s1. The lowest BCUT2D eigenvalue weighted by Crippen LogP contribution is -2.60. The number of rotatable bonds is 18. The molecule has 196 valence electrons. The van der Waals surface area contributed by atoms with Crippen LogP contribution in [0, 0.1) is 0 Å². The number of aliphatic hydroxyl groups is 5. The van der Waals surface area contributed by atoms with Gasteiger partial charge in [0.2, 0.25) is 0 Å². The first-order valence-electron chi connectivity index (χ1n) is 11.9. The van der Waals surface area contributed by atoms with Gasteiger partial charge in [0.05, 0.1) is 6.61 Å². The number of aliphatic hydroxyl groups excluding tert-OH is 5. The first-order valence-corrected chi connectivity index (χ1v) is 13.4. The molecule has 0 aromatic heterocycles. The summed E-state index contributed by atoms with van der Waals surface area (Å²) in [6.45, 7) is 2.02. The first kappa shape index (κ1) is 30.4. The molecule has 1 heterocycles. The van der Waals surface area contributed by atoms with Crippen molar-refractivity contribution in [3.63, 3.8) is 0 Å². The van der Waals surface area contributed by atoms with E-state index in [-0.39, 0.29) is 6.61 Å². The van der Waals surface area contributed by atoms with Gasteiger partial charge in [0.1, 0.15) is 24.4 Å². The summed E-state index contributed by atoms with van der Waals surface area (Å²) < 4.78 is 26.8. The summed E-state index contributed by atoms with van der Waals surface area (Å²) in [4.78, 5) is 11.4. The fourth-order valence-corrected chi connectivity index (χ4v) is 4.62. The quantitative estimate of drug-likeness (QED) is 0.0924. The maximum absolute atomic E-state index is 12.5. The fourth-order valence-electron chi connectivity index (χ4n) is 3.58. The molecular weight excluding hydrogens is 459 g/mol. The normalized spacial score (nSPS) is 28.4. The molecule has 0 aliphatic carbocycles. The molecule has 1 rings (SSSR count). The van der Waals surface area contributed by atoms with Crippen molar-refractivity contribution in [2.75, 3.05) is 6.61 Å². The van der Waals surface area contributed by atoms with Crippen molar-refractivity contribution in [2.24, 2.45) is 0 Å². The number of carboxylic acid groups (broad SMARTS) is 1. The Labute approximate surface area is 195 Å². The van der Waals surface area contributed by atoms with E-state index in [1.54, 1.807) is 0 Å². The molecule has 11 nitrogen and oxygen atoms in total. The van der Waals surface area contributed by atoms with Gasteiger partial charge < -0.3 is 39.9 Å². The average molecular weight is 501 g/mol. The van der Waals surface area contributed by atoms with E-state index in [1.807, 2.05) is 0 Å². The van der Waals surface area contributed by atoms with Gasteiger partial charge in [-0.25, -0.2) is 9.36 Å². The van der Waals surface area contributed by atoms with Gasteiger partial charge in [0.25, 0.3) is 0 Å². The predicted molar refractivity (Wildman–Crippen MR) is 119 cm³/mol. The molecule has 0 radical (unpaired) electrons. The minimum Gasteiger partial charge on any atom is -0.472 e. The van der Waals surface area contributed by atoms with E-state index in [4.69, 9.17) is 9.26 Å². The van der Waals surface area contributed by atoms with Gasteiger partial charge in [-0.15, -0.1) is 0 Å². The number of carbonyl (C=O) groups is 1. The van der Waals surface area contributed by atoms with Crippen molar-refractivity contribution in [3.8, 4) is 0 Å². The van der Waals surface area contributed by atoms with Crippen molar-refractivity contribution in [1.82, 2.24) is 0 Å². The topological polar surface area (TPSA) is 183 Å². The summed E-state index contributed by atoms with van der Waals surface area (Å²) in [5, 5.41) is 57.7. The second-order valence-electron chi connectivity index (χ2n) is 8.46. The number of hydrogen-bond donors (Lipinski definition) is 6.